The van der Waals surface area contributed by atoms with Crippen molar-refractivity contribution in [3.63, 3.8) is 0 Å². The zero-order valence-electron chi connectivity index (χ0n) is 19.5. The van der Waals surface area contributed by atoms with Gasteiger partial charge >= 0.3 is 6.01 Å². The first-order chi connectivity index (χ1) is 17.2. The third-order valence-electron chi connectivity index (χ3n) is 5.74. The van der Waals surface area contributed by atoms with Crippen molar-refractivity contribution in [1.82, 2.24) is 15.3 Å². The predicted molar refractivity (Wildman–Crippen MR) is 131 cm³/mol. The number of benzene rings is 2. The number of hydrogen-bond acceptors (Lipinski definition) is 8. The number of ether oxygens (including phenoxy) is 1. The lowest BCUT2D eigenvalue weighted by Crippen LogP contribution is -2.27. The van der Waals surface area contributed by atoms with E-state index in [4.69, 9.17) is 14.6 Å². The molecule has 0 saturated heterocycles. The molecule has 2 aliphatic heterocycles. The Morgan fingerprint density at radius 2 is 1.83 bits per heavy atom. The van der Waals surface area contributed by atoms with E-state index in [1.54, 1.807) is 30.5 Å². The second-order valence-corrected chi connectivity index (χ2v) is 9.78. The van der Waals surface area contributed by atoms with Crippen molar-refractivity contribution in [2.75, 3.05) is 31.1 Å². The van der Waals surface area contributed by atoms with Crippen LogP contribution in [0.3, 0.4) is 0 Å². The molecule has 9 nitrogen and oxygen atoms in total. The molecule has 2 aromatic carbocycles. The Morgan fingerprint density at radius 1 is 1.14 bits per heavy atom. The first kappa shape index (κ1) is 25.2. The predicted octanol–water partition coefficient (Wildman–Crippen LogP) is 3.03. The number of anilines is 1. The van der Waals surface area contributed by atoms with Crippen molar-refractivity contribution in [1.29, 1.82) is 5.26 Å². The standard InChI is InChI=1S/C18H16FN5O.C7H8O3S/c19-16-5-12(6-20)1-2-13(16)11-25-18-22-4-3-17(23-18)24-9-14-7-21-8-15(14)10-24;1-6-2-4-7(5-3-6)11(8,9)10/h1-5,21H,7-11H2;2-5H,1H3,(H,8,9,10). The van der Waals surface area contributed by atoms with E-state index in [0.29, 0.717) is 5.56 Å². The third kappa shape index (κ3) is 6.23. The molecule has 0 radical (unpaired) electrons. The van der Waals surface area contributed by atoms with Gasteiger partial charge in [-0.3, -0.25) is 4.55 Å². The van der Waals surface area contributed by atoms with Gasteiger partial charge in [0.2, 0.25) is 0 Å². The minimum absolute atomic E-state index is 0.0136. The Labute approximate surface area is 208 Å². The SMILES string of the molecule is Cc1ccc(S(=O)(=O)O)cc1.N#Cc1ccc(COc2nccc(N3CC4=C(CNC4)C3)n2)c(F)c1. The first-order valence-corrected chi connectivity index (χ1v) is 12.5. The number of nitriles is 1. The fourth-order valence-corrected chi connectivity index (χ4v) is 4.27. The summed E-state index contributed by atoms with van der Waals surface area (Å²) in [6.45, 7) is 5.47. The van der Waals surface area contributed by atoms with Crippen LogP contribution in [0.2, 0.25) is 0 Å². The van der Waals surface area contributed by atoms with Crippen LogP contribution in [-0.4, -0.2) is 49.1 Å². The zero-order chi connectivity index (χ0) is 25.7. The van der Waals surface area contributed by atoms with E-state index in [9.17, 15) is 12.8 Å². The molecule has 0 aliphatic carbocycles. The minimum Gasteiger partial charge on any atom is -0.458 e. The fraction of sp³-hybridized carbons (Fsp3) is 0.240. The molecule has 1 aromatic heterocycles. The summed E-state index contributed by atoms with van der Waals surface area (Å²) in [6.07, 6.45) is 1.65. The number of aromatic nitrogens is 2. The maximum atomic E-state index is 13.9. The number of rotatable bonds is 5. The summed E-state index contributed by atoms with van der Waals surface area (Å²) in [4.78, 5) is 10.6. The molecule has 2 N–H and O–H groups in total. The van der Waals surface area contributed by atoms with Gasteiger partial charge in [-0.15, -0.1) is 0 Å². The number of nitrogens with zero attached hydrogens (tertiary/aromatic N) is 4. The average Bonchev–Trinajstić information content (AvgIpc) is 3.46. The van der Waals surface area contributed by atoms with Gasteiger partial charge in [0.05, 0.1) is 16.5 Å². The lowest BCUT2D eigenvalue weighted by Gasteiger charge is -2.19. The molecule has 0 fully saturated rings. The van der Waals surface area contributed by atoms with Crippen LogP contribution in [0, 0.1) is 24.1 Å². The highest BCUT2D eigenvalue weighted by Gasteiger charge is 2.26. The maximum Gasteiger partial charge on any atom is 0.318 e. The van der Waals surface area contributed by atoms with Crippen LogP contribution < -0.4 is 15.0 Å². The summed E-state index contributed by atoms with van der Waals surface area (Å²) >= 11 is 0. The molecular formula is C25H24FN5O4S. The maximum absolute atomic E-state index is 13.9. The second-order valence-electron chi connectivity index (χ2n) is 8.36. The number of aryl methyl sites for hydroxylation is 1. The summed E-state index contributed by atoms with van der Waals surface area (Å²) in [5.74, 6) is 0.336. The largest absolute Gasteiger partial charge is 0.458 e. The summed E-state index contributed by atoms with van der Waals surface area (Å²) in [7, 11) is -4.02. The topological polar surface area (TPSA) is 128 Å². The molecule has 2 aliphatic rings. The molecular weight excluding hydrogens is 485 g/mol. The molecule has 0 unspecified atom stereocenters. The normalized spacial score (nSPS) is 14.7. The number of halogens is 1. The first-order valence-electron chi connectivity index (χ1n) is 11.1. The van der Waals surface area contributed by atoms with Crippen molar-refractivity contribution < 1.29 is 22.1 Å². The highest BCUT2D eigenvalue weighted by molar-refractivity contribution is 7.85. The molecule has 0 spiro atoms. The summed E-state index contributed by atoms with van der Waals surface area (Å²) in [5.41, 5.74) is 4.46. The number of hydrogen-bond donors (Lipinski definition) is 2. The summed E-state index contributed by atoms with van der Waals surface area (Å²) < 4.78 is 49.0. The van der Waals surface area contributed by atoms with E-state index < -0.39 is 15.9 Å². The van der Waals surface area contributed by atoms with Gasteiger partial charge in [-0.25, -0.2) is 9.37 Å². The quantitative estimate of drug-likeness (QED) is 0.394. The fourth-order valence-electron chi connectivity index (χ4n) is 3.79. The van der Waals surface area contributed by atoms with Crippen LogP contribution in [0.5, 0.6) is 6.01 Å². The van der Waals surface area contributed by atoms with Gasteiger partial charge in [-0.2, -0.15) is 18.7 Å². The monoisotopic (exact) mass is 509 g/mol. The molecule has 11 heteroatoms. The van der Waals surface area contributed by atoms with Crippen LogP contribution in [0.1, 0.15) is 16.7 Å². The van der Waals surface area contributed by atoms with E-state index in [1.807, 2.05) is 19.1 Å². The molecule has 0 saturated carbocycles. The van der Waals surface area contributed by atoms with E-state index in [0.717, 1.165) is 37.6 Å². The Hall–Kier alpha value is -3.85. The van der Waals surface area contributed by atoms with Gasteiger partial charge in [-0.05, 0) is 48.4 Å². The lowest BCUT2D eigenvalue weighted by atomic mass is 10.1. The van der Waals surface area contributed by atoms with Crippen molar-refractivity contribution in [2.24, 2.45) is 0 Å². The van der Waals surface area contributed by atoms with Crippen LogP contribution >= 0.6 is 0 Å². The van der Waals surface area contributed by atoms with Gasteiger partial charge < -0.3 is 15.0 Å². The molecule has 3 aromatic rings. The van der Waals surface area contributed by atoms with Gasteiger partial charge in [0.15, 0.2) is 0 Å². The van der Waals surface area contributed by atoms with Gasteiger partial charge in [0, 0.05) is 37.9 Å². The van der Waals surface area contributed by atoms with E-state index in [2.05, 4.69) is 20.2 Å². The van der Waals surface area contributed by atoms with E-state index >= 15 is 0 Å². The third-order valence-corrected chi connectivity index (χ3v) is 6.61. The Morgan fingerprint density at radius 3 is 2.44 bits per heavy atom. The van der Waals surface area contributed by atoms with E-state index in [1.165, 1.54) is 29.3 Å². The van der Waals surface area contributed by atoms with E-state index in [-0.39, 0.29) is 23.1 Å². The highest BCUT2D eigenvalue weighted by atomic mass is 32.2. The molecule has 0 atom stereocenters. The van der Waals surface area contributed by atoms with Crippen LogP contribution in [0.4, 0.5) is 10.2 Å². The summed E-state index contributed by atoms with van der Waals surface area (Å²) in [6, 6.07) is 14.3. The van der Waals surface area contributed by atoms with Crippen LogP contribution in [0.15, 0.2) is 70.8 Å². The van der Waals surface area contributed by atoms with Crippen LogP contribution in [0.25, 0.3) is 0 Å². The molecule has 0 bridgehead atoms. The number of nitrogens with one attached hydrogen (secondary N) is 1. The van der Waals surface area contributed by atoms with Crippen molar-refractivity contribution in [3.8, 4) is 12.1 Å². The Balaban J connectivity index is 0.000000233. The van der Waals surface area contributed by atoms with Crippen molar-refractivity contribution in [2.45, 2.75) is 18.4 Å². The van der Waals surface area contributed by atoms with Gasteiger partial charge in [-0.1, -0.05) is 23.8 Å². The molecule has 3 heterocycles. The van der Waals surface area contributed by atoms with Crippen molar-refractivity contribution >= 4 is 15.9 Å². The van der Waals surface area contributed by atoms with Gasteiger partial charge in [0.25, 0.3) is 10.1 Å². The summed E-state index contributed by atoms with van der Waals surface area (Å²) in [5, 5.41) is 12.1. The molecule has 186 valence electrons. The van der Waals surface area contributed by atoms with Crippen molar-refractivity contribution in [3.05, 3.63) is 88.4 Å². The smallest absolute Gasteiger partial charge is 0.318 e. The molecule has 36 heavy (non-hydrogen) atoms. The Kier molecular flexibility index (Phi) is 7.59. The Bertz CT molecular complexity index is 1420. The average molecular weight is 510 g/mol. The molecule has 5 rings (SSSR count). The van der Waals surface area contributed by atoms with Gasteiger partial charge in [0.1, 0.15) is 18.2 Å². The minimum atomic E-state index is -4.02. The molecule has 0 amide bonds. The van der Waals surface area contributed by atoms with Crippen LogP contribution in [-0.2, 0) is 16.7 Å². The second kappa shape index (κ2) is 10.8. The zero-order valence-corrected chi connectivity index (χ0v) is 20.3. The highest BCUT2D eigenvalue weighted by Crippen LogP contribution is 2.25. The lowest BCUT2D eigenvalue weighted by molar-refractivity contribution is 0.275.